The molecule has 5 heteroatoms. The standard InChI is InChI=1S/C14H13Cl2NO2/c15-11-6-5-9(7-12(11)16)19-8-14(18)10-3-1-2-4-13(10)17/h1-7,14,18H,8,17H2. The molecule has 0 aromatic heterocycles. The Balaban J connectivity index is 2.02. The SMILES string of the molecule is Nc1ccccc1C(O)COc1ccc(Cl)c(Cl)c1. The van der Waals surface area contributed by atoms with Crippen molar-refractivity contribution in [2.24, 2.45) is 0 Å². The van der Waals surface area contributed by atoms with E-state index in [-0.39, 0.29) is 6.61 Å². The maximum Gasteiger partial charge on any atom is 0.121 e. The smallest absolute Gasteiger partial charge is 0.121 e. The van der Waals surface area contributed by atoms with Crippen LogP contribution in [0.4, 0.5) is 5.69 Å². The van der Waals surface area contributed by atoms with E-state index in [0.29, 0.717) is 27.0 Å². The first-order valence-electron chi connectivity index (χ1n) is 5.68. The Labute approximate surface area is 121 Å². The molecule has 3 nitrogen and oxygen atoms in total. The van der Waals surface area contributed by atoms with Crippen LogP contribution in [0.3, 0.4) is 0 Å². The van der Waals surface area contributed by atoms with Gasteiger partial charge in [-0.2, -0.15) is 0 Å². The predicted octanol–water partition coefficient (Wildman–Crippen LogP) is 3.69. The molecule has 2 rings (SSSR count). The number of halogens is 2. The van der Waals surface area contributed by atoms with Crippen molar-refractivity contribution in [3.8, 4) is 5.75 Å². The average molecular weight is 298 g/mol. The van der Waals surface area contributed by atoms with E-state index in [1.165, 1.54) is 0 Å². The lowest BCUT2D eigenvalue weighted by molar-refractivity contribution is 0.109. The minimum absolute atomic E-state index is 0.0895. The van der Waals surface area contributed by atoms with Crippen molar-refractivity contribution in [2.75, 3.05) is 12.3 Å². The summed E-state index contributed by atoms with van der Waals surface area (Å²) in [6, 6.07) is 12.1. The maximum atomic E-state index is 10.0. The summed E-state index contributed by atoms with van der Waals surface area (Å²) in [7, 11) is 0. The minimum atomic E-state index is -0.796. The molecule has 0 amide bonds. The van der Waals surface area contributed by atoms with Crippen LogP contribution in [0.15, 0.2) is 42.5 Å². The van der Waals surface area contributed by atoms with Gasteiger partial charge in [0.05, 0.1) is 10.0 Å². The van der Waals surface area contributed by atoms with E-state index in [9.17, 15) is 5.11 Å². The van der Waals surface area contributed by atoms with Gasteiger partial charge < -0.3 is 15.6 Å². The Morgan fingerprint density at radius 1 is 1.11 bits per heavy atom. The zero-order chi connectivity index (χ0) is 13.8. The highest BCUT2D eigenvalue weighted by atomic mass is 35.5. The van der Waals surface area contributed by atoms with Crippen LogP contribution in [-0.4, -0.2) is 11.7 Å². The Kier molecular flexibility index (Phi) is 4.53. The Morgan fingerprint density at radius 2 is 1.84 bits per heavy atom. The number of aliphatic hydroxyl groups is 1. The second kappa shape index (κ2) is 6.15. The van der Waals surface area contributed by atoms with Crippen LogP contribution >= 0.6 is 23.2 Å². The van der Waals surface area contributed by atoms with Crippen molar-refractivity contribution in [3.63, 3.8) is 0 Å². The van der Waals surface area contributed by atoms with Gasteiger partial charge in [0, 0.05) is 17.3 Å². The van der Waals surface area contributed by atoms with Crippen molar-refractivity contribution in [1.82, 2.24) is 0 Å². The van der Waals surface area contributed by atoms with Gasteiger partial charge in [-0.1, -0.05) is 41.4 Å². The number of ether oxygens (including phenoxy) is 1. The number of anilines is 1. The van der Waals surface area contributed by atoms with Gasteiger partial charge in [0.2, 0.25) is 0 Å². The monoisotopic (exact) mass is 297 g/mol. The van der Waals surface area contributed by atoms with E-state index >= 15 is 0 Å². The number of para-hydroxylation sites is 1. The van der Waals surface area contributed by atoms with E-state index < -0.39 is 6.10 Å². The van der Waals surface area contributed by atoms with Crippen LogP contribution in [0.1, 0.15) is 11.7 Å². The van der Waals surface area contributed by atoms with Gasteiger partial charge in [-0.05, 0) is 18.2 Å². The fraction of sp³-hybridized carbons (Fsp3) is 0.143. The van der Waals surface area contributed by atoms with Gasteiger partial charge in [0.1, 0.15) is 18.5 Å². The normalized spacial score (nSPS) is 12.2. The van der Waals surface area contributed by atoms with Gasteiger partial charge >= 0.3 is 0 Å². The largest absolute Gasteiger partial charge is 0.490 e. The molecular formula is C14H13Cl2NO2. The second-order valence-electron chi connectivity index (χ2n) is 4.03. The molecule has 19 heavy (non-hydrogen) atoms. The first-order chi connectivity index (χ1) is 9.08. The first-order valence-corrected chi connectivity index (χ1v) is 6.44. The highest BCUT2D eigenvalue weighted by molar-refractivity contribution is 6.42. The number of nitrogen functional groups attached to an aromatic ring is 1. The minimum Gasteiger partial charge on any atom is -0.490 e. The summed E-state index contributed by atoms with van der Waals surface area (Å²) in [5.74, 6) is 0.544. The molecule has 0 aliphatic carbocycles. The third kappa shape index (κ3) is 3.53. The summed E-state index contributed by atoms with van der Waals surface area (Å²) >= 11 is 11.7. The van der Waals surface area contributed by atoms with Crippen molar-refractivity contribution >= 4 is 28.9 Å². The molecule has 3 N–H and O–H groups in total. The fourth-order valence-electron chi connectivity index (χ4n) is 1.65. The zero-order valence-electron chi connectivity index (χ0n) is 10.0. The van der Waals surface area contributed by atoms with E-state index in [1.54, 1.807) is 30.3 Å². The van der Waals surface area contributed by atoms with Crippen LogP contribution in [0.5, 0.6) is 5.75 Å². The highest BCUT2D eigenvalue weighted by Gasteiger charge is 2.11. The predicted molar refractivity (Wildman–Crippen MR) is 77.8 cm³/mol. The summed E-state index contributed by atoms with van der Waals surface area (Å²) in [6.45, 7) is 0.0895. The summed E-state index contributed by atoms with van der Waals surface area (Å²) in [5, 5.41) is 10.9. The molecule has 0 spiro atoms. The van der Waals surface area contributed by atoms with Crippen molar-refractivity contribution in [3.05, 3.63) is 58.1 Å². The maximum absolute atomic E-state index is 10.0. The highest BCUT2D eigenvalue weighted by Crippen LogP contribution is 2.27. The van der Waals surface area contributed by atoms with Gasteiger partial charge in [-0.15, -0.1) is 0 Å². The lowest BCUT2D eigenvalue weighted by atomic mass is 10.1. The third-order valence-electron chi connectivity index (χ3n) is 2.65. The topological polar surface area (TPSA) is 55.5 Å². The molecule has 1 unspecified atom stereocenters. The molecule has 2 aromatic carbocycles. The second-order valence-corrected chi connectivity index (χ2v) is 4.85. The molecular weight excluding hydrogens is 285 g/mol. The molecule has 0 aliphatic heterocycles. The lowest BCUT2D eigenvalue weighted by Gasteiger charge is -2.14. The average Bonchev–Trinajstić information content (AvgIpc) is 2.40. The summed E-state index contributed by atoms with van der Waals surface area (Å²) in [4.78, 5) is 0. The molecule has 0 saturated heterocycles. The Hall–Kier alpha value is -1.42. The molecule has 0 heterocycles. The number of aliphatic hydroxyl groups excluding tert-OH is 1. The van der Waals surface area contributed by atoms with Gasteiger partial charge in [-0.25, -0.2) is 0 Å². The molecule has 0 aliphatic rings. The van der Waals surface area contributed by atoms with Crippen LogP contribution in [-0.2, 0) is 0 Å². The van der Waals surface area contributed by atoms with E-state index in [2.05, 4.69) is 0 Å². The van der Waals surface area contributed by atoms with Crippen LogP contribution in [0, 0.1) is 0 Å². The van der Waals surface area contributed by atoms with E-state index in [4.69, 9.17) is 33.7 Å². The van der Waals surface area contributed by atoms with Crippen molar-refractivity contribution in [1.29, 1.82) is 0 Å². The summed E-state index contributed by atoms with van der Waals surface area (Å²) in [5.41, 5.74) is 6.96. The fourth-order valence-corrected chi connectivity index (χ4v) is 1.93. The van der Waals surface area contributed by atoms with Gasteiger partial charge in [-0.3, -0.25) is 0 Å². The molecule has 0 fully saturated rings. The van der Waals surface area contributed by atoms with E-state index in [1.807, 2.05) is 12.1 Å². The van der Waals surface area contributed by atoms with Crippen LogP contribution in [0.2, 0.25) is 10.0 Å². The quantitative estimate of drug-likeness (QED) is 0.846. The number of hydrogen-bond donors (Lipinski definition) is 2. The van der Waals surface area contributed by atoms with Crippen molar-refractivity contribution in [2.45, 2.75) is 6.10 Å². The lowest BCUT2D eigenvalue weighted by Crippen LogP contribution is -2.11. The summed E-state index contributed by atoms with van der Waals surface area (Å²) in [6.07, 6.45) is -0.796. The van der Waals surface area contributed by atoms with Crippen LogP contribution in [0.25, 0.3) is 0 Å². The number of rotatable bonds is 4. The number of hydrogen-bond acceptors (Lipinski definition) is 3. The Morgan fingerprint density at radius 3 is 2.53 bits per heavy atom. The van der Waals surface area contributed by atoms with Crippen LogP contribution < -0.4 is 10.5 Å². The summed E-state index contributed by atoms with van der Waals surface area (Å²) < 4.78 is 5.46. The zero-order valence-corrected chi connectivity index (χ0v) is 11.5. The van der Waals surface area contributed by atoms with Crippen molar-refractivity contribution < 1.29 is 9.84 Å². The molecule has 0 saturated carbocycles. The van der Waals surface area contributed by atoms with Gasteiger partial charge in [0.15, 0.2) is 0 Å². The molecule has 1 atom stereocenters. The van der Waals surface area contributed by atoms with Gasteiger partial charge in [0.25, 0.3) is 0 Å². The molecule has 2 aromatic rings. The third-order valence-corrected chi connectivity index (χ3v) is 3.39. The number of benzene rings is 2. The number of nitrogens with two attached hydrogens (primary N) is 1. The molecule has 100 valence electrons. The molecule has 0 bridgehead atoms. The first kappa shape index (κ1) is 14.0. The Bertz CT molecular complexity index is 575. The molecule has 0 radical (unpaired) electrons. The van der Waals surface area contributed by atoms with E-state index in [0.717, 1.165) is 0 Å².